The lowest BCUT2D eigenvalue weighted by atomic mass is 9.95. The molecule has 2 aromatic heterocycles. The molecule has 0 saturated carbocycles. The van der Waals surface area contributed by atoms with Crippen molar-refractivity contribution in [1.82, 2.24) is 15.2 Å². The van der Waals surface area contributed by atoms with E-state index in [-0.39, 0.29) is 0 Å². The summed E-state index contributed by atoms with van der Waals surface area (Å²) in [6, 6.07) is 13.8. The molecule has 2 aliphatic heterocycles. The van der Waals surface area contributed by atoms with E-state index in [0.29, 0.717) is 34.1 Å². The van der Waals surface area contributed by atoms with Crippen LogP contribution in [0, 0.1) is 0 Å². The highest BCUT2D eigenvalue weighted by atomic mass is 16.5. The summed E-state index contributed by atoms with van der Waals surface area (Å²) in [5.41, 5.74) is 3.60. The normalized spacial score (nSPS) is 17.4. The number of hydrogen-bond donors (Lipinski definition) is 2. The van der Waals surface area contributed by atoms with E-state index in [1.807, 2.05) is 36.5 Å². The van der Waals surface area contributed by atoms with Crippen molar-refractivity contribution in [3.63, 3.8) is 0 Å². The number of para-hydroxylation sites is 1. The lowest BCUT2D eigenvalue weighted by Gasteiger charge is -2.25. The summed E-state index contributed by atoms with van der Waals surface area (Å²) < 4.78 is 13.4. The third-order valence-corrected chi connectivity index (χ3v) is 6.67. The predicted octanol–water partition coefficient (Wildman–Crippen LogP) is 3.89. The zero-order valence-corrected chi connectivity index (χ0v) is 18.2. The average Bonchev–Trinajstić information content (AvgIpc) is 3.54. The minimum absolute atomic E-state index is 0.312. The Kier molecular flexibility index (Phi) is 4.58. The highest BCUT2D eigenvalue weighted by Gasteiger charge is 2.36. The summed E-state index contributed by atoms with van der Waals surface area (Å²) in [4.78, 5) is 26.2. The van der Waals surface area contributed by atoms with Gasteiger partial charge in [0.15, 0.2) is 0 Å². The van der Waals surface area contributed by atoms with E-state index in [1.165, 1.54) is 0 Å². The molecule has 1 fully saturated rings. The number of carbonyl (C=O) groups excluding carboxylic acids is 2. The number of nitrogens with zero attached hydrogens (tertiary/aromatic N) is 1. The van der Waals surface area contributed by atoms with Crippen molar-refractivity contribution in [2.24, 2.45) is 0 Å². The summed E-state index contributed by atoms with van der Waals surface area (Å²) in [6.45, 7) is 1.92. The summed E-state index contributed by atoms with van der Waals surface area (Å²) in [5.74, 6) is -0.236. The molecule has 6 rings (SSSR count). The molecule has 33 heavy (non-hydrogen) atoms. The largest absolute Gasteiger partial charge is 0.497 e. The fourth-order valence-corrected chi connectivity index (χ4v) is 5.12. The molecule has 0 bridgehead atoms. The van der Waals surface area contributed by atoms with E-state index in [2.05, 4.69) is 21.3 Å². The van der Waals surface area contributed by atoms with Gasteiger partial charge < -0.3 is 19.0 Å². The lowest BCUT2D eigenvalue weighted by Crippen LogP contribution is -2.29. The summed E-state index contributed by atoms with van der Waals surface area (Å²) in [6.07, 6.45) is 5.63. The molecule has 2 aliphatic rings. The highest BCUT2D eigenvalue weighted by molar-refractivity contribution is 6.50. The van der Waals surface area contributed by atoms with E-state index >= 15 is 0 Å². The number of nitrogens with one attached hydrogen (secondary N) is 2. The van der Waals surface area contributed by atoms with E-state index < -0.39 is 11.8 Å². The molecule has 0 unspecified atom stereocenters. The third kappa shape index (κ3) is 3.08. The second-order valence-corrected chi connectivity index (χ2v) is 8.50. The Labute approximate surface area is 190 Å². The second kappa shape index (κ2) is 7.64. The van der Waals surface area contributed by atoms with Gasteiger partial charge in [-0.25, -0.2) is 0 Å². The molecule has 7 nitrogen and oxygen atoms in total. The monoisotopic (exact) mass is 441 g/mol. The van der Waals surface area contributed by atoms with Crippen LogP contribution in [0.1, 0.15) is 30.0 Å². The molecule has 4 heterocycles. The van der Waals surface area contributed by atoms with Gasteiger partial charge in [0.25, 0.3) is 11.8 Å². The number of aromatic nitrogens is 1. The minimum Gasteiger partial charge on any atom is -0.497 e. The number of fused-ring (bicyclic) bond motifs is 2. The van der Waals surface area contributed by atoms with Gasteiger partial charge in [0, 0.05) is 39.7 Å². The first kappa shape index (κ1) is 19.8. The summed E-state index contributed by atoms with van der Waals surface area (Å²) in [5, 5.41) is 7.67. The molecule has 0 spiro atoms. The Hall–Kier alpha value is -3.84. The third-order valence-electron chi connectivity index (χ3n) is 6.67. The number of rotatable bonds is 4. The molecular formula is C26H23N3O4. The summed E-state index contributed by atoms with van der Waals surface area (Å²) in [7, 11) is 1.58. The maximum Gasteiger partial charge on any atom is 0.259 e. The first-order chi connectivity index (χ1) is 16.2. The van der Waals surface area contributed by atoms with Crippen molar-refractivity contribution in [3.05, 3.63) is 66.1 Å². The maximum atomic E-state index is 13.2. The summed E-state index contributed by atoms with van der Waals surface area (Å²) >= 11 is 0. The molecule has 166 valence electrons. The van der Waals surface area contributed by atoms with Crippen LogP contribution in [0.5, 0.6) is 5.75 Å². The molecule has 0 aliphatic carbocycles. The number of carbonyl (C=O) groups is 2. The van der Waals surface area contributed by atoms with E-state index in [0.717, 1.165) is 47.8 Å². The van der Waals surface area contributed by atoms with E-state index in [9.17, 15) is 9.59 Å². The minimum atomic E-state index is -0.431. The Morgan fingerprint density at radius 1 is 1.00 bits per heavy atom. The van der Waals surface area contributed by atoms with Gasteiger partial charge in [0.1, 0.15) is 11.3 Å². The molecule has 1 saturated heterocycles. The quantitative estimate of drug-likeness (QED) is 0.470. The van der Waals surface area contributed by atoms with Crippen LogP contribution in [0.15, 0.2) is 59.3 Å². The van der Waals surface area contributed by atoms with Gasteiger partial charge in [-0.1, -0.05) is 18.2 Å². The molecule has 4 aromatic rings. The number of benzene rings is 2. The van der Waals surface area contributed by atoms with Crippen LogP contribution in [0.2, 0.25) is 0 Å². The number of amides is 2. The Morgan fingerprint density at radius 2 is 1.76 bits per heavy atom. The number of ether oxygens (including phenoxy) is 1. The van der Waals surface area contributed by atoms with Gasteiger partial charge in [-0.2, -0.15) is 0 Å². The molecule has 7 heteroatoms. The lowest BCUT2D eigenvalue weighted by molar-refractivity contribution is -0.122. The predicted molar refractivity (Wildman–Crippen MR) is 126 cm³/mol. The molecular weight excluding hydrogens is 418 g/mol. The zero-order valence-electron chi connectivity index (χ0n) is 18.2. The van der Waals surface area contributed by atoms with Gasteiger partial charge in [-0.15, -0.1) is 0 Å². The van der Waals surface area contributed by atoms with Crippen LogP contribution < -0.4 is 15.4 Å². The molecule has 2 aromatic carbocycles. The van der Waals surface area contributed by atoms with Crippen LogP contribution >= 0.6 is 0 Å². The van der Waals surface area contributed by atoms with Crippen LogP contribution in [0.3, 0.4) is 0 Å². The van der Waals surface area contributed by atoms with Crippen molar-refractivity contribution < 1.29 is 18.7 Å². The van der Waals surface area contributed by atoms with Crippen LogP contribution in [-0.4, -0.2) is 36.6 Å². The van der Waals surface area contributed by atoms with Crippen LogP contribution in [0.4, 0.5) is 0 Å². The smallest absolute Gasteiger partial charge is 0.259 e. The van der Waals surface area contributed by atoms with E-state index in [4.69, 9.17) is 9.15 Å². The topological polar surface area (TPSA) is 85.5 Å². The van der Waals surface area contributed by atoms with Crippen molar-refractivity contribution in [2.45, 2.75) is 18.9 Å². The number of furan rings is 1. The first-order valence-electron chi connectivity index (χ1n) is 11.1. The second-order valence-electron chi connectivity index (χ2n) is 8.50. The van der Waals surface area contributed by atoms with Gasteiger partial charge in [0.05, 0.1) is 24.5 Å². The van der Waals surface area contributed by atoms with E-state index in [1.54, 1.807) is 19.4 Å². The highest BCUT2D eigenvalue weighted by Crippen LogP contribution is 2.41. The fourth-order valence-electron chi connectivity index (χ4n) is 5.12. The zero-order chi connectivity index (χ0) is 22.5. The average molecular weight is 441 g/mol. The van der Waals surface area contributed by atoms with Crippen molar-refractivity contribution in [2.75, 3.05) is 20.2 Å². The number of piperidine rings is 1. The SMILES string of the molecule is COc1cc(C2=C(c3cn(C4CCNCC4)c4ccccc34)C(=O)NC2=O)c2occc2c1. The van der Waals surface area contributed by atoms with Gasteiger partial charge in [-0.05, 0) is 50.2 Å². The number of imide groups is 1. The van der Waals surface area contributed by atoms with Crippen molar-refractivity contribution in [3.8, 4) is 5.75 Å². The fraction of sp³-hybridized carbons (Fsp3) is 0.231. The van der Waals surface area contributed by atoms with Crippen LogP contribution in [-0.2, 0) is 9.59 Å². The molecule has 2 amide bonds. The van der Waals surface area contributed by atoms with Gasteiger partial charge in [0.2, 0.25) is 0 Å². The van der Waals surface area contributed by atoms with Crippen molar-refractivity contribution in [1.29, 1.82) is 0 Å². The maximum absolute atomic E-state index is 13.2. The first-order valence-corrected chi connectivity index (χ1v) is 11.1. The molecule has 0 atom stereocenters. The Bertz CT molecular complexity index is 1450. The standard InChI is InChI=1S/C26H23N3O4/c1-32-17-12-15-8-11-33-24(15)19(13-17)22-23(26(31)28-25(22)30)20-14-29(16-6-9-27-10-7-16)21-5-3-2-4-18(20)21/h2-5,8,11-14,16,27H,6-7,9-10H2,1H3,(H,28,30,31). The Balaban J connectivity index is 1.63. The Morgan fingerprint density at radius 3 is 2.55 bits per heavy atom. The number of methoxy groups -OCH3 is 1. The van der Waals surface area contributed by atoms with Crippen molar-refractivity contribution >= 4 is 44.8 Å². The van der Waals surface area contributed by atoms with Gasteiger partial charge >= 0.3 is 0 Å². The molecule has 2 N–H and O–H groups in total. The van der Waals surface area contributed by atoms with Gasteiger partial charge in [-0.3, -0.25) is 14.9 Å². The number of hydrogen-bond acceptors (Lipinski definition) is 5. The molecule has 0 radical (unpaired) electrons. The van der Waals surface area contributed by atoms with Crippen LogP contribution in [0.25, 0.3) is 33.0 Å².